The minimum absolute atomic E-state index is 0.475. The molecule has 1 aromatic heterocycles. The van der Waals surface area contributed by atoms with E-state index < -0.39 is 0 Å². The summed E-state index contributed by atoms with van der Waals surface area (Å²) in [4.78, 5) is 0. The van der Waals surface area contributed by atoms with Gasteiger partial charge in [0.05, 0.1) is 0 Å². The van der Waals surface area contributed by atoms with Gasteiger partial charge in [-0.15, -0.1) is 0 Å². The molecule has 1 unspecified atom stereocenters. The zero-order chi connectivity index (χ0) is 11.8. The van der Waals surface area contributed by atoms with Crippen molar-refractivity contribution < 1.29 is 4.74 Å². The lowest BCUT2D eigenvalue weighted by Crippen LogP contribution is -2.21. The van der Waals surface area contributed by atoms with Crippen LogP contribution in [-0.4, -0.2) is 17.7 Å². The van der Waals surface area contributed by atoms with E-state index in [4.69, 9.17) is 4.74 Å². The molecule has 1 atom stereocenters. The van der Waals surface area contributed by atoms with Crippen LogP contribution >= 0.6 is 0 Å². The molecule has 0 aromatic carbocycles. The number of ether oxygens (including phenoxy) is 1. The molecule has 0 aliphatic heterocycles. The van der Waals surface area contributed by atoms with E-state index >= 15 is 0 Å². The zero-order valence-corrected chi connectivity index (χ0v) is 10.7. The summed E-state index contributed by atoms with van der Waals surface area (Å²) in [6.45, 7) is 8.92. The molecule has 1 N–H and O–H groups in total. The van der Waals surface area contributed by atoms with Crippen molar-refractivity contribution in [1.29, 1.82) is 0 Å². The van der Waals surface area contributed by atoms with Crippen LogP contribution in [0.2, 0.25) is 0 Å². The Morgan fingerprint density at radius 1 is 1.38 bits per heavy atom. The summed E-state index contributed by atoms with van der Waals surface area (Å²) < 4.78 is 7.46. The molecule has 16 heavy (non-hydrogen) atoms. The lowest BCUT2D eigenvalue weighted by Gasteiger charge is -2.15. The molecule has 0 bridgehead atoms. The summed E-state index contributed by atoms with van der Waals surface area (Å²) in [6.07, 6.45) is 6.56. The van der Waals surface area contributed by atoms with Crippen LogP contribution < -0.4 is 5.32 Å². The third-order valence-electron chi connectivity index (χ3n) is 2.67. The van der Waals surface area contributed by atoms with Crippen LogP contribution in [0.1, 0.15) is 45.2 Å². The fourth-order valence-corrected chi connectivity index (χ4v) is 1.76. The Bertz CT molecular complexity index is 283. The minimum atomic E-state index is 0.475. The molecule has 0 saturated heterocycles. The number of hydrogen-bond acceptors (Lipinski definition) is 2. The minimum Gasteiger partial charge on any atom is -0.361 e. The van der Waals surface area contributed by atoms with Crippen molar-refractivity contribution in [3.05, 3.63) is 24.0 Å². The molecular formula is C13H24N2O. The summed E-state index contributed by atoms with van der Waals surface area (Å²) in [5.74, 6) is 0. The van der Waals surface area contributed by atoms with Gasteiger partial charge in [0.2, 0.25) is 0 Å². The highest BCUT2D eigenvalue weighted by Gasteiger charge is 2.09. The van der Waals surface area contributed by atoms with Gasteiger partial charge in [-0.05, 0) is 37.9 Å². The summed E-state index contributed by atoms with van der Waals surface area (Å²) in [5.41, 5.74) is 1.36. The van der Waals surface area contributed by atoms with E-state index in [2.05, 4.69) is 42.2 Å². The highest BCUT2D eigenvalue weighted by Crippen LogP contribution is 2.16. The Hall–Kier alpha value is -0.800. The van der Waals surface area contributed by atoms with Crippen LogP contribution in [0.5, 0.6) is 0 Å². The molecule has 1 rings (SSSR count). The Balaban J connectivity index is 2.52. The normalized spacial score (nSPS) is 12.9. The molecule has 92 valence electrons. The molecule has 1 heterocycles. The molecule has 1 aromatic rings. The van der Waals surface area contributed by atoms with Crippen molar-refractivity contribution in [2.75, 3.05) is 13.2 Å². The van der Waals surface area contributed by atoms with Crippen LogP contribution in [-0.2, 0) is 11.5 Å². The first-order chi connectivity index (χ1) is 7.81. The molecule has 0 saturated carbocycles. The number of rotatable bonds is 8. The molecule has 3 heteroatoms. The Morgan fingerprint density at radius 3 is 2.81 bits per heavy atom. The summed E-state index contributed by atoms with van der Waals surface area (Å²) >= 11 is 0. The van der Waals surface area contributed by atoms with Gasteiger partial charge in [0.15, 0.2) is 0 Å². The SMILES string of the molecule is CCCNC(CC)c1ccn(COCC)c1. The molecule has 0 spiro atoms. The van der Waals surface area contributed by atoms with Gasteiger partial charge in [-0.3, -0.25) is 0 Å². The molecular weight excluding hydrogens is 200 g/mol. The quantitative estimate of drug-likeness (QED) is 0.735. The number of hydrogen-bond donors (Lipinski definition) is 1. The van der Waals surface area contributed by atoms with Crippen molar-refractivity contribution in [3.8, 4) is 0 Å². The van der Waals surface area contributed by atoms with Crippen LogP contribution in [0, 0.1) is 0 Å². The maximum Gasteiger partial charge on any atom is 0.122 e. The lowest BCUT2D eigenvalue weighted by molar-refractivity contribution is 0.0880. The maximum atomic E-state index is 5.37. The summed E-state index contributed by atoms with van der Waals surface area (Å²) in [5, 5.41) is 3.55. The van der Waals surface area contributed by atoms with Crippen LogP contribution in [0.25, 0.3) is 0 Å². The largest absolute Gasteiger partial charge is 0.361 e. The topological polar surface area (TPSA) is 26.2 Å². The van der Waals surface area contributed by atoms with Gasteiger partial charge in [0, 0.05) is 25.0 Å². The second kappa shape index (κ2) is 7.47. The van der Waals surface area contributed by atoms with Gasteiger partial charge in [0.25, 0.3) is 0 Å². The first-order valence-corrected chi connectivity index (χ1v) is 6.28. The first kappa shape index (κ1) is 13.3. The first-order valence-electron chi connectivity index (χ1n) is 6.28. The molecule has 0 fully saturated rings. The fraction of sp³-hybridized carbons (Fsp3) is 0.692. The third-order valence-corrected chi connectivity index (χ3v) is 2.67. The van der Waals surface area contributed by atoms with Crippen LogP contribution in [0.15, 0.2) is 18.5 Å². The average molecular weight is 224 g/mol. The summed E-state index contributed by atoms with van der Waals surface area (Å²) in [6, 6.07) is 2.65. The lowest BCUT2D eigenvalue weighted by atomic mass is 10.1. The van der Waals surface area contributed by atoms with E-state index in [1.807, 2.05) is 6.92 Å². The standard InChI is InChI=1S/C13H24N2O/c1-4-8-14-13(5-2)12-7-9-15(10-12)11-16-6-3/h7,9-10,13-14H,4-6,8,11H2,1-3H3. The molecule has 0 radical (unpaired) electrons. The van der Waals surface area contributed by atoms with E-state index in [0.717, 1.165) is 19.6 Å². The predicted molar refractivity (Wildman–Crippen MR) is 67.4 cm³/mol. The number of nitrogens with zero attached hydrogens (tertiary/aromatic N) is 1. The van der Waals surface area contributed by atoms with Gasteiger partial charge in [-0.2, -0.15) is 0 Å². The maximum absolute atomic E-state index is 5.37. The highest BCUT2D eigenvalue weighted by molar-refractivity contribution is 5.15. The second-order valence-electron chi connectivity index (χ2n) is 4.00. The monoisotopic (exact) mass is 224 g/mol. The fourth-order valence-electron chi connectivity index (χ4n) is 1.76. The Morgan fingerprint density at radius 2 is 2.19 bits per heavy atom. The van der Waals surface area contributed by atoms with E-state index in [9.17, 15) is 0 Å². The van der Waals surface area contributed by atoms with Crippen molar-refractivity contribution in [3.63, 3.8) is 0 Å². The smallest absolute Gasteiger partial charge is 0.122 e. The van der Waals surface area contributed by atoms with Crippen LogP contribution in [0.4, 0.5) is 0 Å². The Kier molecular flexibility index (Phi) is 6.19. The van der Waals surface area contributed by atoms with Crippen molar-refractivity contribution >= 4 is 0 Å². The van der Waals surface area contributed by atoms with Crippen molar-refractivity contribution in [2.45, 2.75) is 46.4 Å². The molecule has 0 aliphatic carbocycles. The van der Waals surface area contributed by atoms with E-state index in [-0.39, 0.29) is 0 Å². The van der Waals surface area contributed by atoms with Gasteiger partial charge in [-0.25, -0.2) is 0 Å². The summed E-state index contributed by atoms with van der Waals surface area (Å²) in [7, 11) is 0. The molecule has 0 amide bonds. The average Bonchev–Trinajstić information content (AvgIpc) is 2.76. The zero-order valence-electron chi connectivity index (χ0n) is 10.7. The molecule has 3 nitrogen and oxygen atoms in total. The third kappa shape index (κ3) is 3.99. The second-order valence-corrected chi connectivity index (χ2v) is 4.00. The van der Waals surface area contributed by atoms with E-state index in [1.54, 1.807) is 0 Å². The molecule has 0 aliphatic rings. The Labute approximate surface area is 98.8 Å². The van der Waals surface area contributed by atoms with E-state index in [1.165, 1.54) is 12.0 Å². The van der Waals surface area contributed by atoms with Crippen molar-refractivity contribution in [1.82, 2.24) is 9.88 Å². The number of aromatic nitrogens is 1. The van der Waals surface area contributed by atoms with Gasteiger partial charge in [-0.1, -0.05) is 13.8 Å². The van der Waals surface area contributed by atoms with Gasteiger partial charge in [0.1, 0.15) is 6.73 Å². The van der Waals surface area contributed by atoms with E-state index in [0.29, 0.717) is 12.8 Å². The predicted octanol–water partition coefficient (Wildman–Crippen LogP) is 2.93. The van der Waals surface area contributed by atoms with Gasteiger partial charge >= 0.3 is 0 Å². The van der Waals surface area contributed by atoms with Crippen LogP contribution in [0.3, 0.4) is 0 Å². The number of nitrogens with one attached hydrogen (secondary N) is 1. The highest BCUT2D eigenvalue weighted by atomic mass is 16.5. The van der Waals surface area contributed by atoms with Gasteiger partial charge < -0.3 is 14.6 Å². The van der Waals surface area contributed by atoms with Crippen molar-refractivity contribution in [2.24, 2.45) is 0 Å².